The largest absolute Gasteiger partial charge is 0.365 e. The van der Waals surface area contributed by atoms with E-state index in [1.165, 1.54) is 20.9 Å². The Hall–Kier alpha value is -0.700. The molecule has 0 aromatic rings. The van der Waals surface area contributed by atoms with Crippen LogP contribution in [0.4, 0.5) is 0 Å². The molecule has 0 aromatic heterocycles. The van der Waals surface area contributed by atoms with Crippen molar-refractivity contribution in [3.05, 3.63) is 0 Å². The van der Waals surface area contributed by atoms with E-state index in [0.29, 0.717) is 0 Å². The predicted octanol–water partition coefficient (Wildman–Crippen LogP) is -0.151. The molecule has 8 heavy (non-hydrogen) atoms. The van der Waals surface area contributed by atoms with Crippen LogP contribution >= 0.6 is 0 Å². The van der Waals surface area contributed by atoms with E-state index in [2.05, 4.69) is 0 Å². The van der Waals surface area contributed by atoms with Crippen molar-refractivity contribution in [1.82, 2.24) is 4.90 Å². The summed E-state index contributed by atoms with van der Waals surface area (Å²) < 4.78 is 0. The first-order chi connectivity index (χ1) is 3.55. The third kappa shape index (κ3) is 1.84. The van der Waals surface area contributed by atoms with Gasteiger partial charge in [-0.3, -0.25) is 0 Å². The Morgan fingerprint density at radius 3 is 1.38 bits per heavy atom. The highest BCUT2D eigenvalue weighted by molar-refractivity contribution is 5.95. The summed E-state index contributed by atoms with van der Waals surface area (Å²) in [5.41, 5.74) is 0. The van der Waals surface area contributed by atoms with Gasteiger partial charge in [-0.05, 0) is 4.90 Å². The standard InChI is InChI=1S/C5H9NO2/c1-4(7)6(3)5(2)8/h1-3H3/q+1. The fraction of sp³-hybridized carbons (Fsp3) is 0.600. The minimum absolute atomic E-state index is 0.225. The van der Waals surface area contributed by atoms with Crippen LogP contribution in [0.2, 0.25) is 0 Å². The molecule has 0 N–H and O–H groups in total. The molecule has 0 aliphatic rings. The quantitative estimate of drug-likeness (QED) is 0.412. The van der Waals surface area contributed by atoms with Crippen LogP contribution < -0.4 is 4.90 Å². The lowest BCUT2D eigenvalue weighted by molar-refractivity contribution is -0.133. The van der Waals surface area contributed by atoms with E-state index in [0.717, 1.165) is 4.90 Å². The number of hydrogen-bond donors (Lipinski definition) is 0. The maximum absolute atomic E-state index is 10.3. The molecule has 0 spiro atoms. The summed E-state index contributed by atoms with van der Waals surface area (Å²) in [7, 11) is 1.45. The highest BCUT2D eigenvalue weighted by Gasteiger charge is 2.19. The van der Waals surface area contributed by atoms with Gasteiger partial charge >= 0.3 is 11.8 Å². The molecule has 2 amide bonds. The molecule has 45 valence electrons. The van der Waals surface area contributed by atoms with Gasteiger partial charge in [0.05, 0.1) is 13.8 Å². The van der Waals surface area contributed by atoms with E-state index in [1.54, 1.807) is 0 Å². The third-order valence-electron chi connectivity index (χ3n) is 0.945. The van der Waals surface area contributed by atoms with Crippen molar-refractivity contribution >= 4 is 11.8 Å². The molecular weight excluding hydrogens is 106 g/mol. The Morgan fingerprint density at radius 1 is 1.12 bits per heavy atom. The molecule has 3 heteroatoms. The summed E-state index contributed by atoms with van der Waals surface area (Å²) >= 11 is 0. The van der Waals surface area contributed by atoms with Crippen molar-refractivity contribution in [3.63, 3.8) is 0 Å². The van der Waals surface area contributed by atoms with Gasteiger partial charge in [0, 0.05) is 0 Å². The molecule has 0 saturated carbocycles. The van der Waals surface area contributed by atoms with Crippen molar-refractivity contribution in [1.29, 1.82) is 0 Å². The molecule has 1 radical (unpaired) electrons. The van der Waals surface area contributed by atoms with Gasteiger partial charge in [0.1, 0.15) is 7.05 Å². The number of carbonyl (C=O) groups is 2. The maximum atomic E-state index is 10.3. The lowest BCUT2D eigenvalue weighted by Crippen LogP contribution is -2.34. The van der Waals surface area contributed by atoms with Crippen LogP contribution in [-0.2, 0) is 9.59 Å². The third-order valence-corrected chi connectivity index (χ3v) is 0.945. The van der Waals surface area contributed by atoms with E-state index in [9.17, 15) is 9.59 Å². The average molecular weight is 115 g/mol. The number of imide groups is 1. The second-order valence-corrected chi connectivity index (χ2v) is 1.60. The Labute approximate surface area is 48.3 Å². The zero-order chi connectivity index (χ0) is 6.73. The molecule has 0 fully saturated rings. The number of carbonyl (C=O) groups excluding carboxylic acids is 2. The Kier molecular flexibility index (Phi) is 2.34. The Bertz CT molecular complexity index is 106. The summed E-state index contributed by atoms with van der Waals surface area (Å²) in [5.74, 6) is -0.449. The first kappa shape index (κ1) is 7.30. The normalized spacial score (nSPS) is 9.50. The fourth-order valence-electron chi connectivity index (χ4n) is 0.222. The van der Waals surface area contributed by atoms with Gasteiger partial charge in [-0.2, -0.15) is 0 Å². The van der Waals surface area contributed by atoms with Crippen LogP contribution in [0, 0.1) is 0 Å². The van der Waals surface area contributed by atoms with Gasteiger partial charge in [-0.25, -0.2) is 9.59 Å². The lowest BCUT2D eigenvalue weighted by Gasteiger charge is -1.90. The molecule has 0 aliphatic heterocycles. The van der Waals surface area contributed by atoms with Gasteiger partial charge in [-0.1, -0.05) is 0 Å². The lowest BCUT2D eigenvalue weighted by atomic mass is 10.5. The SMILES string of the molecule is CC(=O)[N+](C)C(C)=O. The van der Waals surface area contributed by atoms with Crippen LogP contribution in [0.1, 0.15) is 13.8 Å². The highest BCUT2D eigenvalue weighted by atomic mass is 16.2. The zero-order valence-electron chi connectivity index (χ0n) is 5.26. The molecule has 0 bridgehead atoms. The molecule has 0 atom stereocenters. The molecule has 3 nitrogen and oxygen atoms in total. The number of hydrogen-bond acceptors (Lipinski definition) is 2. The minimum atomic E-state index is -0.225. The molecule has 0 saturated heterocycles. The minimum Gasteiger partial charge on any atom is -0.225 e. The van der Waals surface area contributed by atoms with Crippen LogP contribution in [-0.4, -0.2) is 18.9 Å². The first-order valence-corrected chi connectivity index (χ1v) is 2.30. The smallest absolute Gasteiger partial charge is 0.225 e. The van der Waals surface area contributed by atoms with Gasteiger partial charge < -0.3 is 0 Å². The summed E-state index contributed by atoms with van der Waals surface area (Å²) in [5, 5.41) is 0. The second kappa shape index (κ2) is 2.57. The van der Waals surface area contributed by atoms with Crippen LogP contribution in [0.25, 0.3) is 0 Å². The van der Waals surface area contributed by atoms with E-state index < -0.39 is 0 Å². The predicted molar refractivity (Wildman–Crippen MR) is 29.4 cm³/mol. The van der Waals surface area contributed by atoms with Crippen LogP contribution in [0.15, 0.2) is 0 Å². The fourth-order valence-corrected chi connectivity index (χ4v) is 0.222. The highest BCUT2D eigenvalue weighted by Crippen LogP contribution is 1.76. The van der Waals surface area contributed by atoms with Crippen LogP contribution in [0.5, 0.6) is 0 Å². The van der Waals surface area contributed by atoms with Crippen molar-refractivity contribution in [2.45, 2.75) is 13.8 Å². The molecular formula is C5H9NO2+. The summed E-state index contributed by atoms with van der Waals surface area (Å²) in [4.78, 5) is 21.6. The molecule has 0 aliphatic carbocycles. The topological polar surface area (TPSA) is 40.0 Å². The first-order valence-electron chi connectivity index (χ1n) is 2.30. The van der Waals surface area contributed by atoms with Crippen molar-refractivity contribution in [2.75, 3.05) is 7.05 Å². The molecule has 0 heterocycles. The van der Waals surface area contributed by atoms with E-state index in [1.807, 2.05) is 0 Å². The average Bonchev–Trinajstić information content (AvgIpc) is 1.64. The van der Waals surface area contributed by atoms with Gasteiger partial charge in [-0.15, -0.1) is 0 Å². The van der Waals surface area contributed by atoms with Crippen LogP contribution in [0.3, 0.4) is 0 Å². The van der Waals surface area contributed by atoms with E-state index in [4.69, 9.17) is 0 Å². The Morgan fingerprint density at radius 2 is 1.38 bits per heavy atom. The van der Waals surface area contributed by atoms with Gasteiger partial charge in [0.25, 0.3) is 0 Å². The van der Waals surface area contributed by atoms with E-state index in [-0.39, 0.29) is 11.8 Å². The van der Waals surface area contributed by atoms with Crippen molar-refractivity contribution in [2.24, 2.45) is 0 Å². The number of amides is 2. The number of rotatable bonds is 0. The van der Waals surface area contributed by atoms with Gasteiger partial charge in [0.15, 0.2) is 0 Å². The Balaban J connectivity index is 3.83. The molecule has 0 unspecified atom stereocenters. The monoisotopic (exact) mass is 115 g/mol. The maximum Gasteiger partial charge on any atom is 0.365 e. The molecule has 0 rings (SSSR count). The number of nitrogens with zero attached hydrogens (tertiary/aromatic N) is 1. The second-order valence-electron chi connectivity index (χ2n) is 1.60. The van der Waals surface area contributed by atoms with Crippen molar-refractivity contribution < 1.29 is 9.59 Å². The van der Waals surface area contributed by atoms with E-state index >= 15 is 0 Å². The summed E-state index contributed by atoms with van der Waals surface area (Å²) in [6.45, 7) is 2.70. The molecule has 0 aromatic carbocycles. The van der Waals surface area contributed by atoms with Crippen molar-refractivity contribution in [3.8, 4) is 0 Å². The summed E-state index contributed by atoms with van der Waals surface area (Å²) in [6.07, 6.45) is 0. The summed E-state index contributed by atoms with van der Waals surface area (Å²) in [6, 6.07) is 0. The zero-order valence-corrected chi connectivity index (χ0v) is 5.26. The van der Waals surface area contributed by atoms with Gasteiger partial charge in [0.2, 0.25) is 0 Å².